The largest absolute Gasteiger partial charge is 0.481 e. The summed E-state index contributed by atoms with van der Waals surface area (Å²) in [6.45, 7) is 0.608. The second-order valence-corrected chi connectivity index (χ2v) is 16.3. The average Bonchev–Trinajstić information content (AvgIpc) is 3.27. The van der Waals surface area contributed by atoms with Crippen LogP contribution in [0, 0.1) is 0 Å². The SMILES string of the molecule is FC(F)(F)c1cc([B-](c2cc(C(F)(F)F)cc(C(F)(F)F)c2)(c2cc(C(F)(F)F)cc(C(F)(F)F)c2)c2cc(C(F)(F)F)cc(C(F)(F)F)c2)cc(C(F)(F)F)c1.O=C(O)CC(=O)c1c[n+](Cc2ccccc2)ccn1. The van der Waals surface area contributed by atoms with Crippen LogP contribution in [0.4, 0.5) is 105 Å². The minimum atomic E-state index is -6.13. The lowest BCUT2D eigenvalue weighted by atomic mass is 9.12. The predicted molar refractivity (Wildman–Crippen MR) is 217 cm³/mol. The van der Waals surface area contributed by atoms with Gasteiger partial charge in [0.05, 0.1) is 50.7 Å². The maximum absolute atomic E-state index is 14.2. The van der Waals surface area contributed by atoms with Crippen molar-refractivity contribution in [3.8, 4) is 0 Å². The number of nitrogens with zero attached hydrogens (tertiary/aromatic N) is 2. The molecule has 5 aromatic carbocycles. The highest BCUT2D eigenvalue weighted by Crippen LogP contribution is 2.41. The molecule has 0 saturated carbocycles. The van der Waals surface area contributed by atoms with Gasteiger partial charge in [0.25, 0.3) is 0 Å². The summed E-state index contributed by atoms with van der Waals surface area (Å²) in [7, 11) is 0. The van der Waals surface area contributed by atoms with Gasteiger partial charge in [-0.3, -0.25) is 9.59 Å². The minimum absolute atomic E-state index is 0.167. The summed E-state index contributed by atoms with van der Waals surface area (Å²) in [5.74, 6) is -1.64. The van der Waals surface area contributed by atoms with Crippen molar-refractivity contribution in [1.82, 2.24) is 4.98 Å². The first-order chi connectivity index (χ1) is 34.4. The Kier molecular flexibility index (Phi) is 16.2. The molecule has 408 valence electrons. The second-order valence-electron chi connectivity index (χ2n) is 16.3. The number of Topliss-reactive ketones (excluding diaryl/α,β-unsaturated/α-hetero) is 1. The number of carbonyl (C=O) groups excluding carboxylic acids is 1. The van der Waals surface area contributed by atoms with Gasteiger partial charge >= 0.3 is 55.4 Å². The zero-order valence-electron chi connectivity index (χ0n) is 36.8. The molecule has 0 amide bonds. The van der Waals surface area contributed by atoms with Crippen LogP contribution in [0.2, 0.25) is 0 Å². The van der Waals surface area contributed by atoms with E-state index in [1.54, 1.807) is 17.0 Å². The maximum Gasteiger partial charge on any atom is 0.416 e. The van der Waals surface area contributed by atoms with E-state index in [2.05, 4.69) is 4.98 Å². The summed E-state index contributed by atoms with van der Waals surface area (Å²) < 4.78 is 343. The maximum atomic E-state index is 14.2. The zero-order chi connectivity index (χ0) is 57.6. The molecule has 0 saturated heterocycles. The van der Waals surface area contributed by atoms with Crippen molar-refractivity contribution >= 4 is 39.7 Å². The first-order valence-electron chi connectivity index (χ1n) is 20.4. The lowest BCUT2D eigenvalue weighted by Crippen LogP contribution is -2.75. The van der Waals surface area contributed by atoms with Crippen LogP contribution in [0.1, 0.15) is 67.0 Å². The Morgan fingerprint density at radius 3 is 0.921 bits per heavy atom. The summed E-state index contributed by atoms with van der Waals surface area (Å²) >= 11 is 0. The van der Waals surface area contributed by atoms with E-state index in [-0.39, 0.29) is 5.69 Å². The predicted octanol–water partition coefficient (Wildman–Crippen LogP) is 12.3. The number of aromatic nitrogens is 2. The number of carbonyl (C=O) groups is 2. The Bertz CT molecular complexity index is 2660. The third-order valence-corrected chi connectivity index (χ3v) is 11.0. The van der Waals surface area contributed by atoms with Crippen molar-refractivity contribution in [1.29, 1.82) is 0 Å². The Balaban J connectivity index is 0.000000468. The van der Waals surface area contributed by atoms with Gasteiger partial charge in [-0.25, -0.2) is 4.98 Å². The molecule has 6 rings (SSSR count). The fourth-order valence-electron chi connectivity index (χ4n) is 7.77. The molecule has 0 aliphatic carbocycles. The highest BCUT2D eigenvalue weighted by Gasteiger charge is 2.47. The van der Waals surface area contributed by atoms with Gasteiger partial charge in [0.1, 0.15) is 12.6 Å². The van der Waals surface area contributed by atoms with Gasteiger partial charge in [-0.15, -0.1) is 0 Å². The van der Waals surface area contributed by atoms with Crippen LogP contribution in [-0.4, -0.2) is 28.0 Å². The van der Waals surface area contributed by atoms with Crippen molar-refractivity contribution < 1.29 is 125 Å². The number of carboxylic acids is 1. The molecule has 0 unspecified atom stereocenters. The van der Waals surface area contributed by atoms with E-state index in [0.29, 0.717) is 6.54 Å². The molecular formula is C46H25BF24N2O3. The summed E-state index contributed by atoms with van der Waals surface area (Å²) in [5.41, 5.74) is -28.9. The molecule has 1 N–H and O–H groups in total. The van der Waals surface area contributed by atoms with Crippen LogP contribution in [0.3, 0.4) is 0 Å². The van der Waals surface area contributed by atoms with Crippen molar-refractivity contribution in [3.05, 3.63) is 177 Å². The van der Waals surface area contributed by atoms with E-state index in [0.717, 1.165) is 5.56 Å². The lowest BCUT2D eigenvalue weighted by Gasteiger charge is -2.46. The Morgan fingerprint density at radius 2 is 0.684 bits per heavy atom. The first kappa shape index (κ1) is 59.6. The van der Waals surface area contributed by atoms with Crippen LogP contribution < -0.4 is 26.4 Å². The second kappa shape index (κ2) is 20.7. The lowest BCUT2D eigenvalue weighted by molar-refractivity contribution is -0.689. The van der Waals surface area contributed by atoms with Gasteiger partial charge in [0.2, 0.25) is 0 Å². The van der Waals surface area contributed by atoms with Crippen LogP contribution in [0.25, 0.3) is 0 Å². The quantitative estimate of drug-likeness (QED) is 0.0515. The highest BCUT2D eigenvalue weighted by molar-refractivity contribution is 7.20. The van der Waals surface area contributed by atoms with E-state index in [1.165, 1.54) is 6.20 Å². The Hall–Kier alpha value is -7.30. The number of carboxylic acid groups (broad SMARTS) is 1. The number of alkyl halides is 24. The molecule has 0 spiro atoms. The monoisotopic (exact) mass is 1120 g/mol. The van der Waals surface area contributed by atoms with Gasteiger partial charge in [0, 0.05) is 5.56 Å². The average molecular weight is 1120 g/mol. The fraction of sp³-hybridized carbons (Fsp3) is 0.217. The van der Waals surface area contributed by atoms with Gasteiger partial charge in [-0.05, 0) is 24.3 Å². The van der Waals surface area contributed by atoms with Crippen LogP contribution in [0.5, 0.6) is 0 Å². The normalized spacial score (nSPS) is 13.3. The summed E-state index contributed by atoms with van der Waals surface area (Å²) in [4.78, 5) is 26.0. The van der Waals surface area contributed by atoms with Crippen molar-refractivity contribution in [2.24, 2.45) is 0 Å². The van der Waals surface area contributed by atoms with Crippen LogP contribution in [-0.2, 0) is 60.7 Å². The van der Waals surface area contributed by atoms with Gasteiger partial charge in [-0.1, -0.05) is 78.9 Å². The number of hydrogen-bond acceptors (Lipinski definition) is 3. The van der Waals surface area contributed by atoms with Crippen molar-refractivity contribution in [2.75, 3.05) is 0 Å². The Morgan fingerprint density at radius 1 is 0.421 bits per heavy atom. The summed E-state index contributed by atoms with van der Waals surface area (Å²) in [6.07, 6.45) is -50.5. The van der Waals surface area contributed by atoms with Gasteiger partial charge in [-0.2, -0.15) is 132 Å². The summed E-state index contributed by atoms with van der Waals surface area (Å²) in [5, 5.41) is 8.59. The number of aliphatic carboxylic acids is 1. The number of halogens is 24. The third-order valence-electron chi connectivity index (χ3n) is 11.0. The van der Waals surface area contributed by atoms with Crippen molar-refractivity contribution in [3.63, 3.8) is 0 Å². The molecule has 0 aliphatic rings. The topological polar surface area (TPSA) is 71.1 Å². The van der Waals surface area contributed by atoms with E-state index >= 15 is 0 Å². The van der Waals surface area contributed by atoms with E-state index in [1.807, 2.05) is 30.3 Å². The number of rotatable bonds is 9. The molecule has 0 fully saturated rings. The molecule has 5 nitrogen and oxygen atoms in total. The summed E-state index contributed by atoms with van der Waals surface area (Å²) in [6, 6.07) is 0.956. The van der Waals surface area contributed by atoms with E-state index in [4.69, 9.17) is 5.11 Å². The molecule has 76 heavy (non-hydrogen) atoms. The van der Waals surface area contributed by atoms with Crippen LogP contribution in [0.15, 0.2) is 122 Å². The molecule has 0 bridgehead atoms. The Labute approximate surface area is 408 Å². The molecule has 0 aliphatic heterocycles. The fourth-order valence-corrected chi connectivity index (χ4v) is 7.77. The first-order valence-corrected chi connectivity index (χ1v) is 20.4. The van der Waals surface area contributed by atoms with E-state index < -0.39 is 213 Å². The third kappa shape index (κ3) is 14.1. The smallest absolute Gasteiger partial charge is 0.416 e. The zero-order valence-corrected chi connectivity index (χ0v) is 36.8. The highest BCUT2D eigenvalue weighted by atomic mass is 19.4. The minimum Gasteiger partial charge on any atom is -0.481 e. The van der Waals surface area contributed by atoms with Gasteiger partial charge in [0.15, 0.2) is 30.4 Å². The van der Waals surface area contributed by atoms with Crippen molar-refractivity contribution in [2.45, 2.75) is 62.4 Å². The molecule has 6 aromatic rings. The van der Waals surface area contributed by atoms with Gasteiger partial charge < -0.3 is 5.11 Å². The number of ketones is 1. The molecule has 1 aromatic heterocycles. The molecule has 0 atom stereocenters. The number of benzene rings is 5. The molecule has 30 heteroatoms. The molecular weight excluding hydrogens is 1100 g/mol. The molecule has 1 heterocycles. The number of hydrogen-bond donors (Lipinski definition) is 1. The van der Waals surface area contributed by atoms with Crippen LogP contribution >= 0.6 is 0 Å². The molecule has 0 radical (unpaired) electrons. The standard InChI is InChI=1S/C32H12BF24.C14H12N2O3/c34-25(35,36)13-1-14(26(37,38)39)6-21(5-13)33(22-7-15(27(40,41)42)2-16(8-22)28(43,44)45,23-9-17(29(46,47)48)3-18(10-23)30(49,50)51)24-11-19(31(52,53)54)4-20(12-24)32(55,56)57;17-13(8-14(18)19)12-10-16(7-6-15-12)9-11-4-2-1-3-5-11/h1-12H;1-7,10H,8-9H2/q-1;/p+1. The van der Waals surface area contributed by atoms with E-state index in [9.17, 15) is 115 Å².